The van der Waals surface area contributed by atoms with E-state index in [4.69, 9.17) is 18.9 Å². The number of benzene rings is 3. The lowest BCUT2D eigenvalue weighted by atomic mass is 10.0. The van der Waals surface area contributed by atoms with Crippen molar-refractivity contribution in [1.82, 2.24) is 29.5 Å². The standard InChI is InChI=1S/C42H44F3N7O9/c1-49-25-31-30-24-26(6-11-33(30)51(37(31)48-49)28-9-7-27(8-10-28)42(43,44)45)38(54)47-15-17-59-19-21-61-23-22-60-20-18-58-16-14-46-32-5-3-4-29-36(32)41(57)52(39(29)55)34-12-13-35(53)50(2)40(34)56/h3-11,24-25,34,46H,12-23H2,1-2H3,(H,47,54). The number of imide groups is 2. The van der Waals surface area contributed by atoms with E-state index in [1.807, 2.05) is 0 Å². The zero-order valence-corrected chi connectivity index (χ0v) is 33.5. The van der Waals surface area contributed by atoms with Crippen molar-refractivity contribution in [2.45, 2.75) is 25.1 Å². The highest BCUT2D eigenvalue weighted by Crippen LogP contribution is 2.35. The van der Waals surface area contributed by atoms with Crippen LogP contribution in [-0.2, 0) is 41.8 Å². The van der Waals surface area contributed by atoms with E-state index in [-0.39, 0.29) is 48.9 Å². The molecule has 322 valence electrons. The Labute approximate surface area is 347 Å². The van der Waals surface area contributed by atoms with Gasteiger partial charge in [-0.3, -0.25) is 43.0 Å². The van der Waals surface area contributed by atoms with Crippen LogP contribution in [0.25, 0.3) is 27.6 Å². The molecule has 61 heavy (non-hydrogen) atoms. The molecule has 2 N–H and O–H groups in total. The van der Waals surface area contributed by atoms with Crippen molar-refractivity contribution in [3.63, 3.8) is 0 Å². The molecule has 1 saturated heterocycles. The van der Waals surface area contributed by atoms with Crippen molar-refractivity contribution in [3.05, 3.63) is 89.1 Å². The Kier molecular flexibility index (Phi) is 13.1. The zero-order chi connectivity index (χ0) is 43.3. The number of likely N-dealkylation sites (tertiary alicyclic amines) is 1. The Bertz CT molecular complexity index is 2450. The van der Waals surface area contributed by atoms with E-state index in [2.05, 4.69) is 15.7 Å². The first-order valence-corrected chi connectivity index (χ1v) is 19.6. The summed E-state index contributed by atoms with van der Waals surface area (Å²) in [5, 5.41) is 12.0. The van der Waals surface area contributed by atoms with Gasteiger partial charge in [0.15, 0.2) is 5.65 Å². The summed E-state index contributed by atoms with van der Waals surface area (Å²) in [7, 11) is 3.10. The fraction of sp³-hybridized carbons (Fsp3) is 0.381. The molecule has 0 spiro atoms. The van der Waals surface area contributed by atoms with Crippen molar-refractivity contribution in [1.29, 1.82) is 0 Å². The first kappa shape index (κ1) is 43.0. The maximum atomic E-state index is 13.3. The Balaban J connectivity index is 0.743. The number of nitrogens with one attached hydrogen (secondary N) is 2. The Hall–Kier alpha value is -6.15. The lowest BCUT2D eigenvalue weighted by Gasteiger charge is -2.32. The minimum absolute atomic E-state index is 0.0694. The highest BCUT2D eigenvalue weighted by Gasteiger charge is 2.47. The number of hydrogen-bond donors (Lipinski definition) is 2. The third-order valence-corrected chi connectivity index (χ3v) is 10.4. The average Bonchev–Trinajstić information content (AvgIpc) is 3.85. The molecule has 0 aliphatic carbocycles. The molecule has 4 heterocycles. The maximum absolute atomic E-state index is 13.3. The van der Waals surface area contributed by atoms with Gasteiger partial charge in [-0.05, 0) is 61.0 Å². The van der Waals surface area contributed by atoms with Crippen molar-refractivity contribution in [2.75, 3.05) is 78.3 Å². The molecular formula is C42H44F3N7O9. The Morgan fingerprint density at radius 3 is 2.13 bits per heavy atom. The summed E-state index contributed by atoms with van der Waals surface area (Å²) in [5.41, 5.74) is 2.28. The topological polar surface area (TPSA) is 176 Å². The summed E-state index contributed by atoms with van der Waals surface area (Å²) in [4.78, 5) is 65.9. The van der Waals surface area contributed by atoms with Crippen molar-refractivity contribution >= 4 is 57.2 Å². The molecule has 5 amide bonds. The molecule has 2 aliphatic heterocycles. The minimum Gasteiger partial charge on any atom is -0.382 e. The van der Waals surface area contributed by atoms with Crippen molar-refractivity contribution in [2.24, 2.45) is 7.05 Å². The van der Waals surface area contributed by atoms with E-state index in [1.54, 1.807) is 58.9 Å². The van der Waals surface area contributed by atoms with Crippen LogP contribution < -0.4 is 10.6 Å². The van der Waals surface area contributed by atoms with Crippen LogP contribution in [0.4, 0.5) is 18.9 Å². The van der Waals surface area contributed by atoms with E-state index >= 15 is 0 Å². The molecule has 2 aromatic heterocycles. The van der Waals surface area contributed by atoms with Crippen LogP contribution >= 0.6 is 0 Å². The summed E-state index contributed by atoms with van der Waals surface area (Å²) < 4.78 is 65.1. The van der Waals surface area contributed by atoms with E-state index < -0.39 is 35.5 Å². The number of fused-ring (bicyclic) bond motifs is 4. The monoisotopic (exact) mass is 847 g/mol. The van der Waals surface area contributed by atoms with Gasteiger partial charge in [0, 0.05) is 67.5 Å². The minimum atomic E-state index is -4.45. The number of rotatable bonds is 19. The van der Waals surface area contributed by atoms with Gasteiger partial charge < -0.3 is 29.6 Å². The molecule has 19 heteroatoms. The van der Waals surface area contributed by atoms with Gasteiger partial charge in [0.2, 0.25) is 5.91 Å². The van der Waals surface area contributed by atoms with E-state index in [0.29, 0.717) is 80.9 Å². The summed E-state index contributed by atoms with van der Waals surface area (Å²) in [5.74, 6) is -2.36. The number of aryl methyl sites for hydroxylation is 1. The van der Waals surface area contributed by atoms with Crippen LogP contribution in [0.5, 0.6) is 0 Å². The second-order valence-electron chi connectivity index (χ2n) is 14.3. The van der Waals surface area contributed by atoms with Crippen LogP contribution in [0.2, 0.25) is 0 Å². The third-order valence-electron chi connectivity index (χ3n) is 10.4. The summed E-state index contributed by atoms with van der Waals surface area (Å²) in [6, 6.07) is 13.9. The predicted molar refractivity (Wildman–Crippen MR) is 214 cm³/mol. The number of alkyl halides is 3. The highest BCUT2D eigenvalue weighted by atomic mass is 19.4. The molecule has 5 aromatic rings. The molecule has 7 rings (SSSR count). The van der Waals surface area contributed by atoms with Crippen molar-refractivity contribution < 1.29 is 56.1 Å². The number of likely N-dealkylation sites (N-methyl/N-ethyl adjacent to an activating group) is 1. The molecule has 16 nitrogen and oxygen atoms in total. The SMILES string of the molecule is CN1C(=O)CCC(N2C(=O)c3cccc(NCCOCCOCCOCCOCCNC(=O)c4ccc5c(c4)c4cn(C)nc4n5-c4ccc(C(F)(F)F)cc4)c3C2=O)C1=O. The molecule has 1 unspecified atom stereocenters. The number of amides is 5. The molecule has 1 fully saturated rings. The van der Waals surface area contributed by atoms with Gasteiger partial charge in [-0.2, -0.15) is 18.3 Å². The average molecular weight is 848 g/mol. The first-order chi connectivity index (χ1) is 29.3. The molecule has 1 atom stereocenters. The second kappa shape index (κ2) is 18.6. The molecule has 0 saturated carbocycles. The van der Waals surface area contributed by atoms with Gasteiger partial charge in [-0.25, -0.2) is 0 Å². The highest BCUT2D eigenvalue weighted by molar-refractivity contribution is 6.25. The number of carbonyl (C=O) groups is 5. The van der Waals surface area contributed by atoms with Crippen LogP contribution in [-0.4, -0.2) is 133 Å². The normalized spacial score (nSPS) is 15.7. The van der Waals surface area contributed by atoms with Gasteiger partial charge in [0.05, 0.1) is 75.1 Å². The van der Waals surface area contributed by atoms with Gasteiger partial charge in [0.1, 0.15) is 6.04 Å². The predicted octanol–water partition coefficient (Wildman–Crippen LogP) is 4.19. The van der Waals surface area contributed by atoms with Gasteiger partial charge in [-0.15, -0.1) is 0 Å². The molecule has 2 aliphatic rings. The Morgan fingerprint density at radius 1 is 0.803 bits per heavy atom. The number of ether oxygens (including phenoxy) is 4. The molecule has 3 aromatic carbocycles. The smallest absolute Gasteiger partial charge is 0.382 e. The lowest BCUT2D eigenvalue weighted by Crippen LogP contribution is -2.54. The van der Waals surface area contributed by atoms with Crippen LogP contribution in [0.15, 0.2) is 66.9 Å². The van der Waals surface area contributed by atoms with E-state index in [1.165, 1.54) is 19.2 Å². The third kappa shape index (κ3) is 9.29. The summed E-state index contributed by atoms with van der Waals surface area (Å²) >= 11 is 0. The van der Waals surface area contributed by atoms with Gasteiger partial charge >= 0.3 is 6.18 Å². The number of nitrogens with zero attached hydrogens (tertiary/aromatic N) is 5. The number of piperidine rings is 1. The fourth-order valence-electron chi connectivity index (χ4n) is 7.32. The zero-order valence-electron chi connectivity index (χ0n) is 33.5. The number of carbonyl (C=O) groups excluding carboxylic acids is 5. The fourth-order valence-corrected chi connectivity index (χ4v) is 7.32. The Morgan fingerprint density at radius 2 is 1.46 bits per heavy atom. The number of anilines is 1. The first-order valence-electron chi connectivity index (χ1n) is 19.6. The van der Waals surface area contributed by atoms with Crippen molar-refractivity contribution in [3.8, 4) is 5.69 Å². The summed E-state index contributed by atoms with van der Waals surface area (Å²) in [6.45, 7) is 3.16. The maximum Gasteiger partial charge on any atom is 0.416 e. The van der Waals surface area contributed by atoms with E-state index in [9.17, 15) is 37.1 Å². The van der Waals surface area contributed by atoms with E-state index in [0.717, 1.165) is 32.7 Å². The summed E-state index contributed by atoms with van der Waals surface area (Å²) in [6.07, 6.45) is -2.48. The number of aromatic nitrogens is 3. The quantitative estimate of drug-likeness (QED) is 0.0901. The molecular weight excluding hydrogens is 803 g/mol. The molecule has 0 bridgehead atoms. The van der Waals surface area contributed by atoms with Gasteiger partial charge in [-0.1, -0.05) is 6.07 Å². The lowest BCUT2D eigenvalue weighted by molar-refractivity contribution is -0.149. The number of hydrogen-bond acceptors (Lipinski definition) is 11. The van der Waals surface area contributed by atoms with Crippen LogP contribution in [0.1, 0.15) is 49.5 Å². The van der Waals surface area contributed by atoms with Crippen LogP contribution in [0, 0.1) is 0 Å². The number of halogens is 3. The van der Waals surface area contributed by atoms with Gasteiger partial charge in [0.25, 0.3) is 23.6 Å². The molecule has 0 radical (unpaired) electrons. The second-order valence-corrected chi connectivity index (χ2v) is 14.3. The largest absolute Gasteiger partial charge is 0.416 e. The van der Waals surface area contributed by atoms with Crippen LogP contribution in [0.3, 0.4) is 0 Å².